The highest BCUT2D eigenvalue weighted by Crippen LogP contribution is 2.40. The largest absolute Gasteiger partial charge is 0.454 e. The van der Waals surface area contributed by atoms with Gasteiger partial charge in [0.2, 0.25) is 5.78 Å². The first-order chi connectivity index (χ1) is 19.3. The maximum absolute atomic E-state index is 13.7. The lowest BCUT2D eigenvalue weighted by atomic mass is 9.68. The molecule has 0 radical (unpaired) electrons. The second kappa shape index (κ2) is 14.9. The number of aliphatic hydroxyl groups is 3. The number of aliphatic hydroxyl groups excluding tert-OH is 2. The van der Waals surface area contributed by atoms with Crippen LogP contribution in [0, 0.1) is 5.92 Å². The average molecular weight is 595 g/mol. The lowest BCUT2D eigenvalue weighted by Crippen LogP contribution is -2.68. The van der Waals surface area contributed by atoms with Crippen molar-refractivity contribution < 1.29 is 53.4 Å². The zero-order chi connectivity index (χ0) is 32.7. The third-order valence-electron chi connectivity index (χ3n) is 7.91. The summed E-state index contributed by atoms with van der Waals surface area (Å²) in [7, 11) is 1.39. The summed E-state index contributed by atoms with van der Waals surface area (Å²) < 4.78 is 22.0. The van der Waals surface area contributed by atoms with Gasteiger partial charge in [-0.25, -0.2) is 14.4 Å². The fourth-order valence-electron chi connectivity index (χ4n) is 4.12. The minimum atomic E-state index is -2.49. The Morgan fingerprint density at radius 3 is 1.88 bits per heavy atom. The first-order valence-electron chi connectivity index (χ1n) is 13.7. The maximum Gasteiger partial charge on any atom is 0.334 e. The van der Waals surface area contributed by atoms with E-state index in [1.807, 2.05) is 0 Å². The Bertz CT molecular complexity index is 1140. The summed E-state index contributed by atoms with van der Waals surface area (Å²) in [5.74, 6) is -5.17. The molecule has 3 N–H and O–H groups in total. The van der Waals surface area contributed by atoms with Gasteiger partial charge in [-0.3, -0.25) is 4.79 Å². The van der Waals surface area contributed by atoms with Crippen LogP contribution in [-0.2, 0) is 38.1 Å². The molecule has 1 saturated carbocycles. The van der Waals surface area contributed by atoms with Crippen molar-refractivity contribution in [2.45, 2.75) is 110 Å². The number of hydrogen-bond donors (Lipinski definition) is 3. The molecule has 1 aliphatic rings. The van der Waals surface area contributed by atoms with Gasteiger partial charge in [-0.2, -0.15) is 0 Å². The van der Waals surface area contributed by atoms with Crippen LogP contribution in [0.4, 0.5) is 0 Å². The number of ether oxygens (including phenoxy) is 4. The molecule has 0 unspecified atom stereocenters. The van der Waals surface area contributed by atoms with Crippen LogP contribution in [0.25, 0.3) is 0 Å². The van der Waals surface area contributed by atoms with E-state index in [0.29, 0.717) is 0 Å². The van der Waals surface area contributed by atoms with Crippen molar-refractivity contribution >= 4 is 23.7 Å². The molecule has 0 saturated heterocycles. The molecular weight excluding hydrogens is 548 g/mol. The molecule has 236 valence electrons. The number of esters is 3. The summed E-state index contributed by atoms with van der Waals surface area (Å²) in [6, 6.07) is 0. The second-order valence-electron chi connectivity index (χ2n) is 11.1. The topological polar surface area (TPSA) is 166 Å². The lowest BCUT2D eigenvalue weighted by Gasteiger charge is -2.47. The van der Waals surface area contributed by atoms with E-state index in [9.17, 15) is 34.5 Å². The molecule has 0 aromatic heterocycles. The van der Waals surface area contributed by atoms with Gasteiger partial charge in [0, 0.05) is 30.2 Å². The summed E-state index contributed by atoms with van der Waals surface area (Å²) in [4.78, 5) is 52.0. The Labute approximate surface area is 247 Å². The Balaban J connectivity index is 3.79. The third kappa shape index (κ3) is 8.25. The van der Waals surface area contributed by atoms with Gasteiger partial charge in [-0.1, -0.05) is 24.8 Å². The monoisotopic (exact) mass is 594 g/mol. The van der Waals surface area contributed by atoms with Gasteiger partial charge < -0.3 is 34.3 Å². The molecule has 0 aromatic rings. The molecule has 42 heavy (non-hydrogen) atoms. The quantitative estimate of drug-likeness (QED) is 0.132. The number of rotatable bonds is 12. The standard InChI is InChI=1S/C31H46O11/c1-12-16(4)27(35)40-20(15-21(32)30(8,9)39-11)19(7)22-23(33)26(42-29(37)18(6)14-3)31(10,38)25(34)24(22)41-28(36)17(5)13-2/h12-14,20-24,26,32-33,38H,7,15H2,1-6,8-11H3/b16-12-,17-13-,18-14-/t20-,21-,22+,23+,24-,26+,31+/m1/s1. The first-order valence-corrected chi connectivity index (χ1v) is 13.7. The number of allylic oxidation sites excluding steroid dienone is 3. The van der Waals surface area contributed by atoms with Crippen LogP contribution >= 0.6 is 0 Å². The predicted molar refractivity (Wildman–Crippen MR) is 154 cm³/mol. The number of hydrogen-bond acceptors (Lipinski definition) is 11. The summed E-state index contributed by atoms with van der Waals surface area (Å²) in [5.41, 5.74) is -3.19. The molecule has 0 heterocycles. The van der Waals surface area contributed by atoms with Crippen LogP contribution in [0.15, 0.2) is 47.1 Å². The molecular formula is C31H46O11. The summed E-state index contributed by atoms with van der Waals surface area (Å²) in [6.07, 6.45) is -3.95. The van der Waals surface area contributed by atoms with E-state index in [2.05, 4.69) is 6.58 Å². The van der Waals surface area contributed by atoms with Crippen molar-refractivity contribution in [2.24, 2.45) is 5.92 Å². The second-order valence-corrected chi connectivity index (χ2v) is 11.1. The molecule has 0 spiro atoms. The van der Waals surface area contributed by atoms with E-state index in [-0.39, 0.29) is 28.7 Å². The molecule has 7 atom stereocenters. The van der Waals surface area contributed by atoms with Crippen molar-refractivity contribution in [3.05, 3.63) is 47.1 Å². The van der Waals surface area contributed by atoms with Gasteiger partial charge in [-0.05, 0) is 67.9 Å². The third-order valence-corrected chi connectivity index (χ3v) is 7.91. The van der Waals surface area contributed by atoms with Gasteiger partial charge >= 0.3 is 17.9 Å². The predicted octanol–water partition coefficient (Wildman–Crippen LogP) is 2.66. The van der Waals surface area contributed by atoms with Crippen molar-refractivity contribution in [2.75, 3.05) is 7.11 Å². The number of ketones is 1. The van der Waals surface area contributed by atoms with Crippen LogP contribution in [0.2, 0.25) is 0 Å². The van der Waals surface area contributed by atoms with Crippen LogP contribution in [0.5, 0.6) is 0 Å². The summed E-state index contributed by atoms with van der Waals surface area (Å²) >= 11 is 0. The molecule has 0 aliphatic heterocycles. The van der Waals surface area contributed by atoms with Crippen molar-refractivity contribution in [3.8, 4) is 0 Å². The SMILES string of the molecule is C=C([C@H]1[C@H](O)[C@H](OC(=O)/C(C)=C\C)[C@@](C)(O)C(=O)[C@@H]1OC(=O)/C(C)=C\C)[C@@H](C[C@@H](O)C(C)(C)OC)OC(=O)/C(C)=C\C. The Morgan fingerprint density at radius 1 is 0.976 bits per heavy atom. The van der Waals surface area contributed by atoms with Crippen molar-refractivity contribution in [3.63, 3.8) is 0 Å². The molecule has 11 nitrogen and oxygen atoms in total. The molecule has 0 amide bonds. The minimum Gasteiger partial charge on any atom is -0.454 e. The molecule has 1 aliphatic carbocycles. The van der Waals surface area contributed by atoms with Gasteiger partial charge in [0.1, 0.15) is 12.2 Å². The number of Topliss-reactive ketones (excluding diaryl/α,β-unsaturated/α-hetero) is 1. The van der Waals surface area contributed by atoms with Gasteiger partial charge in [0.15, 0.2) is 17.8 Å². The Hall–Kier alpha value is -3.12. The van der Waals surface area contributed by atoms with E-state index in [0.717, 1.165) is 6.92 Å². The van der Waals surface area contributed by atoms with Crippen LogP contribution in [-0.4, -0.2) is 87.8 Å². The summed E-state index contributed by atoms with van der Waals surface area (Å²) in [6.45, 7) is 17.5. The van der Waals surface area contributed by atoms with E-state index in [1.165, 1.54) is 46.1 Å². The Kier molecular flexibility index (Phi) is 13.1. The fraction of sp³-hybridized carbons (Fsp3) is 0.613. The highest BCUT2D eigenvalue weighted by atomic mass is 16.6. The van der Waals surface area contributed by atoms with E-state index in [4.69, 9.17) is 18.9 Å². The Morgan fingerprint density at radius 2 is 1.43 bits per heavy atom. The maximum atomic E-state index is 13.7. The molecule has 1 rings (SSSR count). The zero-order valence-corrected chi connectivity index (χ0v) is 26.2. The molecule has 0 bridgehead atoms. The zero-order valence-electron chi connectivity index (χ0n) is 26.2. The average Bonchev–Trinajstić information content (AvgIpc) is 2.95. The molecule has 0 aromatic carbocycles. The first kappa shape index (κ1) is 36.9. The van der Waals surface area contributed by atoms with Crippen LogP contribution in [0.3, 0.4) is 0 Å². The number of methoxy groups -OCH3 is 1. The van der Waals surface area contributed by atoms with E-state index >= 15 is 0 Å². The van der Waals surface area contributed by atoms with Crippen LogP contribution in [0.1, 0.15) is 68.7 Å². The minimum absolute atomic E-state index is 0.116. The van der Waals surface area contributed by atoms with Gasteiger partial charge in [0.05, 0.1) is 17.6 Å². The van der Waals surface area contributed by atoms with Crippen molar-refractivity contribution in [1.29, 1.82) is 0 Å². The van der Waals surface area contributed by atoms with Gasteiger partial charge in [-0.15, -0.1) is 0 Å². The fourth-order valence-corrected chi connectivity index (χ4v) is 4.12. The smallest absolute Gasteiger partial charge is 0.334 e. The van der Waals surface area contributed by atoms with Crippen LogP contribution < -0.4 is 0 Å². The van der Waals surface area contributed by atoms with Gasteiger partial charge in [0.25, 0.3) is 0 Å². The highest BCUT2D eigenvalue weighted by molar-refractivity contribution is 5.97. The van der Waals surface area contributed by atoms with E-state index in [1.54, 1.807) is 34.6 Å². The lowest BCUT2D eigenvalue weighted by molar-refractivity contribution is -0.210. The highest BCUT2D eigenvalue weighted by Gasteiger charge is 2.61. The summed E-state index contributed by atoms with van der Waals surface area (Å²) in [5, 5.41) is 33.8. The molecule has 1 fully saturated rings. The van der Waals surface area contributed by atoms with Crippen molar-refractivity contribution in [1.82, 2.24) is 0 Å². The number of carbonyl (C=O) groups excluding carboxylic acids is 4. The normalized spacial score (nSPS) is 27.2. The van der Waals surface area contributed by atoms with E-state index < -0.39 is 71.3 Å². The molecule has 11 heteroatoms. The number of carbonyl (C=O) groups is 4.